The van der Waals surface area contributed by atoms with Crippen LogP contribution >= 0.6 is 21.7 Å². The molecule has 96 valence electrons. The third-order valence-corrected chi connectivity index (χ3v) is 25.4. The summed E-state index contributed by atoms with van der Waals surface area (Å²) in [5.41, 5.74) is 0. The minimum atomic E-state index is -1.04. The zero-order chi connectivity index (χ0) is 12.7. The Morgan fingerprint density at radius 1 is 0.812 bits per heavy atom. The molecule has 0 atom stereocenters. The molecular weight excluding hydrogens is 257 g/mol. The minimum absolute atomic E-state index is 1.04. The second-order valence-electron chi connectivity index (χ2n) is 5.00. The minimum Gasteiger partial charge on any atom is -0.269 e. The highest BCUT2D eigenvalue weighted by Crippen LogP contribution is 2.96. The largest absolute Gasteiger partial charge is 0.269 e. The zero-order valence-corrected chi connectivity index (χ0v) is 14.5. The Labute approximate surface area is 103 Å². The molecule has 0 saturated carbocycles. The van der Waals surface area contributed by atoms with Crippen molar-refractivity contribution in [2.45, 2.75) is 0 Å². The van der Waals surface area contributed by atoms with Crippen LogP contribution in [0, 0.1) is 0 Å². The van der Waals surface area contributed by atoms with Gasteiger partial charge in [-0.05, 0) is 28.2 Å². The molecule has 0 amide bonds. The van der Waals surface area contributed by atoms with Gasteiger partial charge in [-0.3, -0.25) is 9.34 Å². The van der Waals surface area contributed by atoms with Crippen LogP contribution in [0.3, 0.4) is 0 Å². The average molecular weight is 283 g/mol. The van der Waals surface area contributed by atoms with E-state index in [9.17, 15) is 0 Å². The molecule has 4 nitrogen and oxygen atoms in total. The number of nitrogens with zero attached hydrogens (tertiary/aromatic N) is 4. The summed E-state index contributed by atoms with van der Waals surface area (Å²) >= 11 is 0. The van der Waals surface area contributed by atoms with Crippen LogP contribution in [-0.4, -0.2) is 81.0 Å². The van der Waals surface area contributed by atoms with Crippen molar-refractivity contribution in [2.24, 2.45) is 0 Å². The lowest BCUT2D eigenvalue weighted by molar-refractivity contribution is 0.550. The molecule has 0 bridgehead atoms. The summed E-state index contributed by atoms with van der Waals surface area (Å²) in [6, 6.07) is 0. The van der Waals surface area contributed by atoms with Gasteiger partial charge in [-0.1, -0.05) is 0 Å². The van der Waals surface area contributed by atoms with Gasteiger partial charge in [-0.2, -0.15) is 9.34 Å². The van der Waals surface area contributed by atoms with E-state index in [1.807, 2.05) is 0 Å². The molecule has 1 aliphatic heterocycles. The Morgan fingerprint density at radius 2 is 1.12 bits per heavy atom. The maximum Gasteiger partial charge on any atom is 0.210 e. The lowest BCUT2D eigenvalue weighted by Crippen LogP contribution is -2.35. The van der Waals surface area contributed by atoms with Crippen molar-refractivity contribution < 1.29 is 0 Å². The first-order valence-electron chi connectivity index (χ1n) is 5.41. The van der Waals surface area contributed by atoms with Crippen LogP contribution in [0.4, 0.5) is 0 Å². The number of hydrogen-bond donors (Lipinski definition) is 0. The predicted molar refractivity (Wildman–Crippen MR) is 80.4 cm³/mol. The quantitative estimate of drug-likeness (QED) is 0.735. The second kappa shape index (κ2) is 4.94. The molecule has 0 N–H and O–H groups in total. The maximum absolute atomic E-state index is 2.47. The molecule has 0 saturated heterocycles. The van der Waals surface area contributed by atoms with Gasteiger partial charge in [-0.25, -0.2) is 0 Å². The van der Waals surface area contributed by atoms with Gasteiger partial charge in [0.25, 0.3) is 0 Å². The Balaban J connectivity index is 3.15. The second-order valence-corrected chi connectivity index (χ2v) is 18.3. The van der Waals surface area contributed by atoms with Crippen LogP contribution in [0.1, 0.15) is 0 Å². The molecule has 16 heavy (non-hydrogen) atoms. The van der Waals surface area contributed by atoms with E-state index in [1.54, 1.807) is 7.56 Å². The van der Waals surface area contributed by atoms with Crippen LogP contribution in [0.2, 0.25) is 0 Å². The SMILES string of the molecule is CN(C)P1(N(C)C)=P[P+](N(C)C)(N(C)C)C1. The highest BCUT2D eigenvalue weighted by Gasteiger charge is 2.60. The van der Waals surface area contributed by atoms with Crippen LogP contribution in [0.25, 0.3) is 0 Å². The van der Waals surface area contributed by atoms with Gasteiger partial charge < -0.3 is 0 Å². The van der Waals surface area contributed by atoms with E-state index >= 15 is 0 Å². The van der Waals surface area contributed by atoms with Crippen molar-refractivity contribution in [3.63, 3.8) is 0 Å². The molecule has 0 radical (unpaired) electrons. The van der Waals surface area contributed by atoms with Crippen molar-refractivity contribution >= 4 is 21.7 Å². The fourth-order valence-electron chi connectivity index (χ4n) is 2.02. The number of rotatable bonds is 4. The molecule has 7 heteroatoms. The maximum atomic E-state index is 2.47. The van der Waals surface area contributed by atoms with Gasteiger partial charge in [0.05, 0.1) is 0 Å². The zero-order valence-electron chi connectivity index (χ0n) is 11.8. The molecule has 0 spiro atoms. The molecule has 0 aliphatic carbocycles. The Bertz CT molecular complexity index is 292. The average Bonchev–Trinajstić information content (AvgIpc) is 1.98. The van der Waals surface area contributed by atoms with Gasteiger partial charge in [-0.15, -0.1) is 0 Å². The first-order valence-corrected chi connectivity index (χ1v) is 11.5. The summed E-state index contributed by atoms with van der Waals surface area (Å²) in [4.78, 5) is 0. The molecule has 1 aliphatic rings. The van der Waals surface area contributed by atoms with Crippen LogP contribution < -0.4 is 0 Å². The fraction of sp³-hybridized carbons (Fsp3) is 1.00. The molecule has 0 fully saturated rings. The van der Waals surface area contributed by atoms with Gasteiger partial charge >= 0.3 is 0 Å². The van der Waals surface area contributed by atoms with Crippen molar-refractivity contribution in [1.29, 1.82) is 0 Å². The third kappa shape index (κ3) is 2.15. The van der Waals surface area contributed by atoms with Crippen molar-refractivity contribution in [1.82, 2.24) is 18.7 Å². The third-order valence-electron chi connectivity index (χ3n) is 3.23. The highest BCUT2D eigenvalue weighted by molar-refractivity contribution is 8.52. The highest BCUT2D eigenvalue weighted by atomic mass is 32.3. The van der Waals surface area contributed by atoms with E-state index in [-0.39, 0.29) is 0 Å². The van der Waals surface area contributed by atoms with Crippen LogP contribution in [0.15, 0.2) is 0 Å². The van der Waals surface area contributed by atoms with E-state index in [0.717, 1.165) is 0 Å². The van der Waals surface area contributed by atoms with Crippen molar-refractivity contribution in [3.8, 4) is 0 Å². The summed E-state index contributed by atoms with van der Waals surface area (Å²) in [6.45, 7) is -1.04. The van der Waals surface area contributed by atoms with Gasteiger partial charge in [0, 0.05) is 28.2 Å². The molecule has 0 aromatic carbocycles. The Hall–Kier alpha value is 1.00. The smallest absolute Gasteiger partial charge is 0.210 e. The van der Waals surface area contributed by atoms with Crippen molar-refractivity contribution in [3.05, 3.63) is 0 Å². The Kier molecular flexibility index (Phi) is 4.65. The van der Waals surface area contributed by atoms with Crippen molar-refractivity contribution in [2.75, 3.05) is 62.3 Å². The van der Waals surface area contributed by atoms with E-state index in [4.69, 9.17) is 0 Å². The molecule has 0 aromatic heterocycles. The standard InChI is InChI=1S/C9H26N4P3/c1-10(2)15(11(3)4)9-16(14-15,12(5)6)13(7)8/h9H2,1-8H3/q+1. The lowest BCUT2D eigenvalue weighted by atomic mass is 11.3. The van der Waals surface area contributed by atoms with Gasteiger partial charge in [0.1, 0.15) is 12.8 Å². The predicted octanol–water partition coefficient (Wildman–Crippen LogP) is 2.68. The normalized spacial score (nSPS) is 23.8. The first kappa shape index (κ1) is 15.1. The molecule has 0 aromatic rings. The van der Waals surface area contributed by atoms with E-state index < -0.39 is 14.1 Å². The summed E-state index contributed by atoms with van der Waals surface area (Å²) in [7, 11) is 18.5. The Morgan fingerprint density at radius 3 is 1.31 bits per heavy atom. The molecular formula is C9H26N4P3+. The molecule has 1 rings (SSSR count). The summed E-state index contributed by atoms with van der Waals surface area (Å²) in [5, 5.41) is 0. The summed E-state index contributed by atoms with van der Waals surface area (Å²) in [6.07, 6.45) is 0. The summed E-state index contributed by atoms with van der Waals surface area (Å²) in [5.74, 6) is 1.36. The summed E-state index contributed by atoms with van der Waals surface area (Å²) < 4.78 is 9.89. The van der Waals surface area contributed by atoms with Crippen LogP contribution in [0.5, 0.6) is 0 Å². The number of hydrogen-bond acceptors (Lipinski definition) is 4. The van der Waals surface area contributed by atoms with E-state index in [2.05, 4.69) is 75.1 Å². The van der Waals surface area contributed by atoms with Gasteiger partial charge in [0.2, 0.25) is 7.25 Å². The molecule has 1 heterocycles. The van der Waals surface area contributed by atoms with E-state index in [1.165, 1.54) is 5.90 Å². The van der Waals surface area contributed by atoms with Gasteiger partial charge in [0.15, 0.2) is 7.56 Å². The fourth-order valence-corrected chi connectivity index (χ4v) is 26.1. The monoisotopic (exact) mass is 283 g/mol. The lowest BCUT2D eigenvalue weighted by Gasteiger charge is -2.49. The topological polar surface area (TPSA) is 13.0 Å². The first-order chi connectivity index (χ1) is 7.19. The van der Waals surface area contributed by atoms with Crippen LogP contribution in [-0.2, 0) is 0 Å². The van der Waals surface area contributed by atoms with E-state index in [0.29, 0.717) is 0 Å². The molecule has 0 unspecified atom stereocenters.